The molecule has 0 spiro atoms. The SMILES string of the molecule is C=CC(=O)N1CCN(Cc2ccc([C@H](C)Nc3nc(N4C(=O)CC[C@@H]4C(C)C)c4[nH]ccc4n3)cc2)CC1. The molecule has 9 nitrogen and oxygen atoms in total. The van der Waals surface area contributed by atoms with Gasteiger partial charge in [-0.1, -0.05) is 44.7 Å². The standard InChI is InChI=1S/C29H37N7O2/c1-5-25(37)35-16-14-34(15-17-35)18-21-6-8-22(9-7-21)20(4)31-29-32-23-12-13-30-27(23)28(33-29)36-24(19(2)3)10-11-26(36)38/h5-9,12-13,19-20,24,30H,1,10-11,14-18H2,2-4H3,(H,31,32,33)/t20-,24+/m0/s1. The molecule has 2 N–H and O–H groups in total. The molecule has 4 heterocycles. The van der Waals surface area contributed by atoms with Crippen LogP contribution in [0.5, 0.6) is 0 Å². The van der Waals surface area contributed by atoms with E-state index in [1.54, 1.807) is 0 Å². The second-order valence-electron chi connectivity index (χ2n) is 10.6. The molecule has 2 fully saturated rings. The summed E-state index contributed by atoms with van der Waals surface area (Å²) in [4.78, 5) is 43.5. The number of fused-ring (bicyclic) bond motifs is 1. The summed E-state index contributed by atoms with van der Waals surface area (Å²) >= 11 is 0. The van der Waals surface area contributed by atoms with Crippen LogP contribution < -0.4 is 10.2 Å². The highest BCUT2D eigenvalue weighted by Gasteiger charge is 2.36. The van der Waals surface area contributed by atoms with Gasteiger partial charge >= 0.3 is 0 Å². The van der Waals surface area contributed by atoms with Gasteiger partial charge in [-0.2, -0.15) is 4.98 Å². The average molecular weight is 516 g/mol. The first-order valence-electron chi connectivity index (χ1n) is 13.5. The quantitative estimate of drug-likeness (QED) is 0.438. The van der Waals surface area contributed by atoms with E-state index in [4.69, 9.17) is 9.97 Å². The lowest BCUT2D eigenvalue weighted by Gasteiger charge is -2.34. The van der Waals surface area contributed by atoms with Gasteiger partial charge in [0, 0.05) is 51.4 Å². The minimum absolute atomic E-state index is 0.00835. The van der Waals surface area contributed by atoms with Gasteiger partial charge < -0.3 is 15.2 Å². The van der Waals surface area contributed by atoms with E-state index in [0.29, 0.717) is 24.1 Å². The van der Waals surface area contributed by atoms with Crippen LogP contribution in [0.15, 0.2) is 49.2 Å². The van der Waals surface area contributed by atoms with Gasteiger partial charge in [0.1, 0.15) is 5.52 Å². The lowest BCUT2D eigenvalue weighted by molar-refractivity contribution is -0.127. The third-order valence-corrected chi connectivity index (χ3v) is 7.73. The molecule has 38 heavy (non-hydrogen) atoms. The monoisotopic (exact) mass is 515 g/mol. The molecule has 2 aliphatic heterocycles. The van der Waals surface area contributed by atoms with Gasteiger partial charge in [0.05, 0.1) is 11.6 Å². The van der Waals surface area contributed by atoms with Gasteiger partial charge in [0.25, 0.3) is 0 Å². The van der Waals surface area contributed by atoms with Crippen LogP contribution in [-0.2, 0) is 16.1 Å². The third-order valence-electron chi connectivity index (χ3n) is 7.73. The maximum absolute atomic E-state index is 12.9. The maximum atomic E-state index is 12.9. The summed E-state index contributed by atoms with van der Waals surface area (Å²) in [5, 5.41) is 3.45. The Balaban J connectivity index is 1.27. The topological polar surface area (TPSA) is 97.5 Å². The van der Waals surface area contributed by atoms with E-state index in [2.05, 4.69) is 66.8 Å². The Morgan fingerprint density at radius 3 is 2.55 bits per heavy atom. The Kier molecular flexibility index (Phi) is 7.46. The van der Waals surface area contributed by atoms with Crippen molar-refractivity contribution in [2.45, 2.75) is 52.2 Å². The smallest absolute Gasteiger partial charge is 0.246 e. The zero-order valence-corrected chi connectivity index (χ0v) is 22.5. The van der Waals surface area contributed by atoms with Crippen molar-refractivity contribution in [2.75, 3.05) is 36.4 Å². The second kappa shape index (κ2) is 10.9. The Bertz CT molecular complexity index is 1310. The van der Waals surface area contributed by atoms with Crippen molar-refractivity contribution in [3.63, 3.8) is 0 Å². The van der Waals surface area contributed by atoms with Gasteiger partial charge in [-0.05, 0) is 42.5 Å². The van der Waals surface area contributed by atoms with E-state index in [-0.39, 0.29) is 23.9 Å². The van der Waals surface area contributed by atoms with Crippen LogP contribution >= 0.6 is 0 Å². The van der Waals surface area contributed by atoms with Crippen molar-refractivity contribution in [1.82, 2.24) is 24.8 Å². The minimum atomic E-state index is -0.0167. The van der Waals surface area contributed by atoms with E-state index >= 15 is 0 Å². The van der Waals surface area contributed by atoms with Crippen LogP contribution in [0.25, 0.3) is 11.0 Å². The van der Waals surface area contributed by atoms with Crippen LogP contribution in [0, 0.1) is 5.92 Å². The Morgan fingerprint density at radius 1 is 1.13 bits per heavy atom. The number of amides is 2. The number of benzene rings is 1. The van der Waals surface area contributed by atoms with Gasteiger partial charge in [0.15, 0.2) is 5.82 Å². The zero-order valence-electron chi connectivity index (χ0n) is 22.5. The Labute approximate surface area is 223 Å². The summed E-state index contributed by atoms with van der Waals surface area (Å²) in [7, 11) is 0. The number of rotatable bonds is 8. The molecule has 1 aromatic carbocycles. The summed E-state index contributed by atoms with van der Waals surface area (Å²) in [6.07, 6.45) is 4.62. The van der Waals surface area contributed by atoms with E-state index < -0.39 is 0 Å². The molecule has 5 rings (SSSR count). The van der Waals surface area contributed by atoms with E-state index in [0.717, 1.165) is 55.7 Å². The predicted molar refractivity (Wildman–Crippen MR) is 150 cm³/mol. The number of piperazine rings is 1. The third kappa shape index (κ3) is 5.29. The Morgan fingerprint density at radius 2 is 1.87 bits per heavy atom. The molecule has 2 atom stereocenters. The molecule has 200 valence electrons. The summed E-state index contributed by atoms with van der Waals surface area (Å²) in [6.45, 7) is 14.0. The number of carbonyl (C=O) groups excluding carboxylic acids is 2. The molecule has 9 heteroatoms. The number of anilines is 2. The Hall–Kier alpha value is -3.72. The summed E-state index contributed by atoms with van der Waals surface area (Å²) in [6, 6.07) is 10.6. The minimum Gasteiger partial charge on any atom is -0.357 e. The fraction of sp³-hybridized carbons (Fsp3) is 0.448. The van der Waals surface area contributed by atoms with Crippen molar-refractivity contribution in [2.24, 2.45) is 5.92 Å². The van der Waals surface area contributed by atoms with Crippen molar-refractivity contribution in [3.8, 4) is 0 Å². The van der Waals surface area contributed by atoms with E-state index in [1.165, 1.54) is 11.6 Å². The first-order valence-corrected chi connectivity index (χ1v) is 13.5. The molecule has 0 saturated carbocycles. The number of hydrogen-bond donors (Lipinski definition) is 2. The highest BCUT2D eigenvalue weighted by Crippen LogP contribution is 2.34. The number of hydrogen-bond acceptors (Lipinski definition) is 6. The lowest BCUT2D eigenvalue weighted by Crippen LogP contribution is -2.47. The van der Waals surface area contributed by atoms with Crippen LogP contribution in [0.2, 0.25) is 0 Å². The summed E-state index contributed by atoms with van der Waals surface area (Å²) < 4.78 is 0. The number of aromatic amines is 1. The molecule has 2 aliphatic rings. The summed E-state index contributed by atoms with van der Waals surface area (Å²) in [5.41, 5.74) is 3.95. The van der Waals surface area contributed by atoms with Crippen molar-refractivity contribution < 1.29 is 9.59 Å². The van der Waals surface area contributed by atoms with Gasteiger partial charge in [-0.25, -0.2) is 4.98 Å². The van der Waals surface area contributed by atoms with Crippen LogP contribution in [0.3, 0.4) is 0 Å². The molecule has 0 unspecified atom stereocenters. The van der Waals surface area contributed by atoms with E-state index in [1.807, 2.05) is 22.1 Å². The van der Waals surface area contributed by atoms with Gasteiger partial charge in [-0.15, -0.1) is 0 Å². The predicted octanol–water partition coefficient (Wildman–Crippen LogP) is 4.11. The number of carbonyl (C=O) groups is 2. The highest BCUT2D eigenvalue weighted by atomic mass is 16.2. The van der Waals surface area contributed by atoms with Crippen molar-refractivity contribution in [3.05, 3.63) is 60.3 Å². The molecule has 2 aromatic heterocycles. The second-order valence-corrected chi connectivity index (χ2v) is 10.6. The number of nitrogens with zero attached hydrogens (tertiary/aromatic N) is 5. The molecule has 0 bridgehead atoms. The average Bonchev–Trinajstić information content (AvgIpc) is 3.55. The molecule has 2 amide bonds. The largest absolute Gasteiger partial charge is 0.357 e. The number of H-pyrrole nitrogens is 1. The lowest BCUT2D eigenvalue weighted by atomic mass is 10.0. The van der Waals surface area contributed by atoms with Gasteiger partial charge in [-0.3, -0.25) is 19.4 Å². The molecular weight excluding hydrogens is 478 g/mol. The summed E-state index contributed by atoms with van der Waals surface area (Å²) in [5.74, 6) is 1.63. The van der Waals surface area contributed by atoms with Crippen molar-refractivity contribution in [1.29, 1.82) is 0 Å². The molecule has 2 saturated heterocycles. The zero-order chi connectivity index (χ0) is 26.8. The fourth-order valence-electron chi connectivity index (χ4n) is 5.48. The fourth-order valence-corrected chi connectivity index (χ4v) is 5.48. The van der Waals surface area contributed by atoms with Crippen molar-refractivity contribution >= 4 is 34.6 Å². The first kappa shape index (κ1) is 25.9. The number of nitrogens with one attached hydrogen (secondary N) is 2. The van der Waals surface area contributed by atoms with E-state index in [9.17, 15) is 9.59 Å². The highest BCUT2D eigenvalue weighted by molar-refractivity contribution is 6.02. The molecular formula is C29H37N7O2. The van der Waals surface area contributed by atoms with Crippen LogP contribution in [0.1, 0.15) is 50.8 Å². The maximum Gasteiger partial charge on any atom is 0.246 e. The van der Waals surface area contributed by atoms with Gasteiger partial charge in [0.2, 0.25) is 17.8 Å². The molecule has 0 radical (unpaired) electrons. The normalized spacial score (nSPS) is 19.4. The van der Waals surface area contributed by atoms with Crippen LogP contribution in [-0.4, -0.2) is 68.8 Å². The number of aromatic nitrogens is 3. The molecule has 0 aliphatic carbocycles. The van der Waals surface area contributed by atoms with Crippen LogP contribution in [0.4, 0.5) is 11.8 Å². The molecule has 3 aromatic rings. The first-order chi connectivity index (χ1) is 18.3.